The maximum atomic E-state index is 12.7. The molecule has 0 aliphatic carbocycles. The number of rotatable bonds is 9. The molecule has 0 saturated heterocycles. The van der Waals surface area contributed by atoms with Crippen LogP contribution in [0.3, 0.4) is 0 Å². The van der Waals surface area contributed by atoms with Crippen molar-refractivity contribution in [2.45, 2.75) is 6.92 Å². The Hall–Kier alpha value is -4.18. The van der Waals surface area contributed by atoms with Crippen molar-refractivity contribution in [1.82, 2.24) is 10.7 Å². The third-order valence-corrected chi connectivity index (χ3v) is 5.37. The molecule has 2 amide bonds. The van der Waals surface area contributed by atoms with E-state index in [1.807, 2.05) is 13.0 Å². The molecule has 0 fully saturated rings. The van der Waals surface area contributed by atoms with Gasteiger partial charge in [-0.3, -0.25) is 9.59 Å². The molecule has 10 heteroatoms. The van der Waals surface area contributed by atoms with Crippen LogP contribution < -0.4 is 25.0 Å². The smallest absolute Gasteiger partial charge is 0.343 e. The van der Waals surface area contributed by atoms with Gasteiger partial charge in [0.1, 0.15) is 5.75 Å². The molecule has 36 heavy (non-hydrogen) atoms. The average molecular weight is 554 g/mol. The van der Waals surface area contributed by atoms with E-state index in [4.69, 9.17) is 14.2 Å². The number of ether oxygens (including phenoxy) is 3. The molecular weight excluding hydrogens is 530 g/mol. The monoisotopic (exact) mass is 553 g/mol. The van der Waals surface area contributed by atoms with Crippen molar-refractivity contribution in [3.8, 4) is 17.2 Å². The van der Waals surface area contributed by atoms with Crippen molar-refractivity contribution >= 4 is 39.9 Å². The highest BCUT2D eigenvalue weighted by Crippen LogP contribution is 2.29. The van der Waals surface area contributed by atoms with Crippen LogP contribution in [0.4, 0.5) is 0 Å². The summed E-state index contributed by atoms with van der Waals surface area (Å²) >= 11 is 3.36. The van der Waals surface area contributed by atoms with Crippen LogP contribution in [-0.4, -0.2) is 44.8 Å². The molecule has 0 spiro atoms. The second-order valence-electron chi connectivity index (χ2n) is 7.49. The Kier molecular flexibility index (Phi) is 9.18. The van der Waals surface area contributed by atoms with E-state index in [2.05, 4.69) is 31.8 Å². The molecule has 0 saturated carbocycles. The van der Waals surface area contributed by atoms with E-state index in [1.165, 1.54) is 26.5 Å². The molecular formula is C26H24BrN3O6. The van der Waals surface area contributed by atoms with Crippen LogP contribution in [0.15, 0.2) is 70.2 Å². The fourth-order valence-electron chi connectivity index (χ4n) is 3.10. The largest absolute Gasteiger partial charge is 0.493 e. The highest BCUT2D eigenvalue weighted by atomic mass is 79.9. The van der Waals surface area contributed by atoms with E-state index in [0.29, 0.717) is 27.1 Å². The molecule has 0 radical (unpaired) electrons. The molecule has 3 aromatic rings. The van der Waals surface area contributed by atoms with Gasteiger partial charge in [0.25, 0.3) is 11.8 Å². The molecule has 186 valence electrons. The van der Waals surface area contributed by atoms with Gasteiger partial charge in [0.2, 0.25) is 0 Å². The summed E-state index contributed by atoms with van der Waals surface area (Å²) in [4.78, 5) is 37.0. The minimum absolute atomic E-state index is 0.226. The first kappa shape index (κ1) is 26.4. The van der Waals surface area contributed by atoms with Crippen molar-refractivity contribution < 1.29 is 28.6 Å². The van der Waals surface area contributed by atoms with E-state index in [9.17, 15) is 14.4 Å². The summed E-state index contributed by atoms with van der Waals surface area (Å²) in [5.41, 5.74) is 4.43. The number of hydrogen-bond donors (Lipinski definition) is 2. The van der Waals surface area contributed by atoms with Crippen molar-refractivity contribution in [1.29, 1.82) is 0 Å². The van der Waals surface area contributed by atoms with Gasteiger partial charge in [0, 0.05) is 15.6 Å². The van der Waals surface area contributed by atoms with E-state index in [-0.39, 0.29) is 23.8 Å². The third-order valence-electron chi connectivity index (χ3n) is 4.88. The summed E-state index contributed by atoms with van der Waals surface area (Å²) in [6.07, 6.45) is 1.34. The second-order valence-corrected chi connectivity index (χ2v) is 8.40. The number of hydrazone groups is 1. The van der Waals surface area contributed by atoms with Crippen LogP contribution in [0.1, 0.15) is 31.8 Å². The zero-order valence-electron chi connectivity index (χ0n) is 19.8. The lowest BCUT2D eigenvalue weighted by atomic mass is 10.1. The molecule has 0 aromatic heterocycles. The maximum absolute atomic E-state index is 12.7. The predicted octanol–water partition coefficient (Wildman–Crippen LogP) is 3.87. The summed E-state index contributed by atoms with van der Waals surface area (Å²) in [5, 5.41) is 6.45. The van der Waals surface area contributed by atoms with Crippen molar-refractivity contribution in [2.24, 2.45) is 5.10 Å². The van der Waals surface area contributed by atoms with Gasteiger partial charge < -0.3 is 19.5 Å². The molecule has 2 N–H and O–H groups in total. The van der Waals surface area contributed by atoms with E-state index >= 15 is 0 Å². The molecule has 0 heterocycles. The Morgan fingerprint density at radius 2 is 1.67 bits per heavy atom. The van der Waals surface area contributed by atoms with Gasteiger partial charge in [-0.1, -0.05) is 33.6 Å². The number of benzene rings is 3. The Morgan fingerprint density at radius 3 is 2.39 bits per heavy atom. The molecule has 9 nitrogen and oxygen atoms in total. The second kappa shape index (κ2) is 12.5. The lowest BCUT2D eigenvalue weighted by Crippen LogP contribution is -2.34. The van der Waals surface area contributed by atoms with Crippen LogP contribution in [0.25, 0.3) is 0 Å². The number of methoxy groups -OCH3 is 2. The number of carbonyl (C=O) groups is 3. The normalized spacial score (nSPS) is 10.6. The number of halogens is 1. The number of nitrogens with one attached hydrogen (secondary N) is 2. The number of amides is 2. The number of carbonyl (C=O) groups excluding carboxylic acids is 3. The summed E-state index contributed by atoms with van der Waals surface area (Å²) in [5.74, 6) is -0.405. The quantitative estimate of drug-likeness (QED) is 0.180. The van der Waals surface area contributed by atoms with Crippen LogP contribution in [0.5, 0.6) is 17.2 Å². The fourth-order valence-corrected chi connectivity index (χ4v) is 3.48. The Balaban J connectivity index is 1.63. The highest BCUT2D eigenvalue weighted by Gasteiger charge is 2.15. The molecule has 0 atom stereocenters. The molecule has 3 aromatic carbocycles. The molecule has 0 bridgehead atoms. The van der Waals surface area contributed by atoms with E-state index in [1.54, 1.807) is 48.5 Å². The molecule has 0 unspecified atom stereocenters. The van der Waals surface area contributed by atoms with E-state index < -0.39 is 11.9 Å². The summed E-state index contributed by atoms with van der Waals surface area (Å²) < 4.78 is 16.7. The minimum Gasteiger partial charge on any atom is -0.493 e. The topological polar surface area (TPSA) is 115 Å². The minimum atomic E-state index is -0.615. The number of aryl methyl sites for hydroxylation is 1. The lowest BCUT2D eigenvalue weighted by molar-refractivity contribution is -0.120. The summed E-state index contributed by atoms with van der Waals surface area (Å²) in [6, 6.07) is 16.7. The number of esters is 1. The predicted molar refractivity (Wildman–Crippen MR) is 138 cm³/mol. The average Bonchev–Trinajstić information content (AvgIpc) is 2.88. The first-order chi connectivity index (χ1) is 17.3. The number of nitrogens with zero attached hydrogens (tertiary/aromatic N) is 1. The van der Waals surface area contributed by atoms with Gasteiger partial charge in [-0.15, -0.1) is 0 Å². The maximum Gasteiger partial charge on any atom is 0.343 e. The van der Waals surface area contributed by atoms with Gasteiger partial charge in [-0.25, -0.2) is 10.2 Å². The first-order valence-electron chi connectivity index (χ1n) is 10.7. The van der Waals surface area contributed by atoms with Crippen LogP contribution in [-0.2, 0) is 4.79 Å². The molecule has 0 aliphatic heterocycles. The van der Waals surface area contributed by atoms with Crippen LogP contribution in [0.2, 0.25) is 0 Å². The third kappa shape index (κ3) is 7.16. The van der Waals surface area contributed by atoms with Gasteiger partial charge in [-0.2, -0.15) is 5.10 Å². The summed E-state index contributed by atoms with van der Waals surface area (Å²) in [6.45, 7) is 1.61. The van der Waals surface area contributed by atoms with Crippen molar-refractivity contribution in [3.63, 3.8) is 0 Å². The van der Waals surface area contributed by atoms with Gasteiger partial charge in [0.05, 0.1) is 32.5 Å². The van der Waals surface area contributed by atoms with Gasteiger partial charge in [-0.05, 0) is 55.5 Å². The highest BCUT2D eigenvalue weighted by molar-refractivity contribution is 9.10. The van der Waals surface area contributed by atoms with Crippen LogP contribution >= 0.6 is 15.9 Å². The SMILES string of the molecule is COc1ccc(C(=O)Oc2ccc(Br)cc2/C=N\NC(=O)CNC(=O)c2cccc(C)c2)cc1OC. The Morgan fingerprint density at radius 1 is 0.917 bits per heavy atom. The standard InChI is InChI=1S/C26H24BrN3O6/c1-16-5-4-6-17(11-16)25(32)28-15-24(31)30-29-14-19-12-20(27)8-10-21(19)36-26(33)18-7-9-22(34-2)23(13-18)35-3/h4-14H,15H2,1-3H3,(H,28,32)(H,30,31)/b29-14-. The Labute approximate surface area is 216 Å². The fraction of sp³-hybridized carbons (Fsp3) is 0.154. The van der Waals surface area contributed by atoms with Crippen LogP contribution in [0, 0.1) is 6.92 Å². The lowest BCUT2D eigenvalue weighted by Gasteiger charge is -2.11. The Bertz CT molecular complexity index is 1310. The van der Waals surface area contributed by atoms with Crippen molar-refractivity contribution in [3.05, 3.63) is 87.4 Å². The summed E-state index contributed by atoms with van der Waals surface area (Å²) in [7, 11) is 2.97. The van der Waals surface area contributed by atoms with Gasteiger partial charge >= 0.3 is 5.97 Å². The first-order valence-corrected chi connectivity index (χ1v) is 11.5. The molecule has 3 rings (SSSR count). The zero-order valence-corrected chi connectivity index (χ0v) is 21.4. The van der Waals surface area contributed by atoms with E-state index in [0.717, 1.165) is 5.56 Å². The van der Waals surface area contributed by atoms with Gasteiger partial charge in [0.15, 0.2) is 11.5 Å². The number of hydrogen-bond acceptors (Lipinski definition) is 7. The van der Waals surface area contributed by atoms with Crippen molar-refractivity contribution in [2.75, 3.05) is 20.8 Å². The zero-order chi connectivity index (χ0) is 26.1. The molecule has 0 aliphatic rings.